The highest BCUT2D eigenvalue weighted by atomic mass is 19.1. The van der Waals surface area contributed by atoms with Gasteiger partial charge in [-0.2, -0.15) is 0 Å². The number of halogens is 2. The highest BCUT2D eigenvalue weighted by molar-refractivity contribution is 5.69. The van der Waals surface area contributed by atoms with Gasteiger partial charge in [-0.25, -0.2) is 13.6 Å². The summed E-state index contributed by atoms with van der Waals surface area (Å²) in [6, 6.07) is 12.7. The van der Waals surface area contributed by atoms with Gasteiger partial charge in [-0.05, 0) is 30.2 Å². The summed E-state index contributed by atoms with van der Waals surface area (Å²) in [6.07, 6.45) is -1.52. The second kappa shape index (κ2) is 8.03. The van der Waals surface area contributed by atoms with E-state index in [2.05, 4.69) is 5.32 Å². The summed E-state index contributed by atoms with van der Waals surface area (Å²) in [5.74, 6) is -0.430. The van der Waals surface area contributed by atoms with Crippen molar-refractivity contribution in [2.45, 2.75) is 25.2 Å². The van der Waals surface area contributed by atoms with E-state index in [1.807, 2.05) is 30.3 Å². The number of benzene rings is 2. The number of carbonyl (C=O) groups excluding carboxylic acids is 1. The summed E-state index contributed by atoms with van der Waals surface area (Å²) in [6.45, 7) is 0.702. The van der Waals surface area contributed by atoms with Gasteiger partial charge in [-0.15, -0.1) is 0 Å². The van der Waals surface area contributed by atoms with Crippen molar-refractivity contribution in [2.24, 2.45) is 0 Å². The van der Waals surface area contributed by atoms with Gasteiger partial charge in [0.2, 0.25) is 0 Å². The predicted octanol–water partition coefficient (Wildman–Crippen LogP) is 3.25. The van der Waals surface area contributed by atoms with Crippen LogP contribution in [0.25, 0.3) is 0 Å². The quantitative estimate of drug-likeness (QED) is 0.821. The zero-order chi connectivity index (χ0) is 18.5. The van der Waals surface area contributed by atoms with E-state index in [9.17, 15) is 13.6 Å². The molecule has 3 N–H and O–H groups in total. The summed E-state index contributed by atoms with van der Waals surface area (Å²) >= 11 is 0. The minimum atomic E-state index is -1.28. The first-order valence-electron chi connectivity index (χ1n) is 8.44. The largest absolute Gasteiger partial charge is 0.445 e. The van der Waals surface area contributed by atoms with Crippen molar-refractivity contribution in [1.82, 2.24) is 5.32 Å². The Bertz CT molecular complexity index is 758. The normalized spacial score (nSPS) is 19.8. The van der Waals surface area contributed by atoms with E-state index in [1.54, 1.807) is 11.0 Å². The number of alkyl halides is 1. The first-order valence-corrected chi connectivity index (χ1v) is 8.44. The lowest BCUT2D eigenvalue weighted by molar-refractivity contribution is 0.124. The number of carbonyl (C=O) groups is 1. The van der Waals surface area contributed by atoms with E-state index in [1.165, 1.54) is 12.1 Å². The molecule has 2 aromatic carbocycles. The molecule has 7 heteroatoms. The third-order valence-electron chi connectivity index (χ3n) is 4.39. The monoisotopic (exact) mass is 361 g/mol. The number of rotatable bonds is 4. The Balaban J connectivity index is 1.51. The van der Waals surface area contributed by atoms with Gasteiger partial charge in [0.25, 0.3) is 0 Å². The topological polar surface area (TPSA) is 67.6 Å². The Morgan fingerprint density at radius 2 is 2.04 bits per heavy atom. The van der Waals surface area contributed by atoms with Crippen molar-refractivity contribution in [3.63, 3.8) is 0 Å². The number of piperidine rings is 1. The van der Waals surface area contributed by atoms with Crippen LogP contribution in [0.1, 0.15) is 12.0 Å². The van der Waals surface area contributed by atoms with E-state index in [0.717, 1.165) is 5.56 Å². The van der Waals surface area contributed by atoms with Crippen LogP contribution in [0.5, 0.6) is 0 Å². The van der Waals surface area contributed by atoms with Crippen molar-refractivity contribution in [3.8, 4) is 0 Å². The van der Waals surface area contributed by atoms with E-state index < -0.39 is 24.1 Å². The number of alkyl carbamates (subject to hydrolysis) is 1. The molecule has 0 saturated carbocycles. The number of hydrogen-bond donors (Lipinski definition) is 2. The van der Waals surface area contributed by atoms with Crippen LogP contribution in [0.15, 0.2) is 48.5 Å². The average Bonchev–Trinajstić information content (AvgIpc) is 2.63. The van der Waals surface area contributed by atoms with Crippen LogP contribution in [0.4, 0.5) is 25.0 Å². The fourth-order valence-corrected chi connectivity index (χ4v) is 3.02. The number of anilines is 2. The average molecular weight is 361 g/mol. The number of ether oxygens (including phenoxy) is 1. The predicted molar refractivity (Wildman–Crippen MR) is 96.1 cm³/mol. The number of nitrogens with one attached hydrogen (secondary N) is 1. The van der Waals surface area contributed by atoms with Crippen molar-refractivity contribution in [1.29, 1.82) is 0 Å². The molecule has 2 atom stereocenters. The molecule has 0 aliphatic carbocycles. The lowest BCUT2D eigenvalue weighted by Crippen LogP contribution is -2.52. The first-order chi connectivity index (χ1) is 12.5. The summed E-state index contributed by atoms with van der Waals surface area (Å²) in [7, 11) is 0. The Kier molecular flexibility index (Phi) is 5.55. The second-order valence-corrected chi connectivity index (χ2v) is 6.27. The van der Waals surface area contributed by atoms with Gasteiger partial charge in [-0.3, -0.25) is 0 Å². The van der Waals surface area contributed by atoms with Gasteiger partial charge >= 0.3 is 6.09 Å². The van der Waals surface area contributed by atoms with Gasteiger partial charge in [0, 0.05) is 6.54 Å². The molecule has 2 aromatic rings. The van der Waals surface area contributed by atoms with Crippen LogP contribution in [-0.4, -0.2) is 31.4 Å². The third-order valence-corrected chi connectivity index (χ3v) is 4.39. The molecule has 1 aliphatic rings. The summed E-state index contributed by atoms with van der Waals surface area (Å²) in [4.78, 5) is 13.7. The number of nitrogens with two attached hydrogens (primary N) is 1. The van der Waals surface area contributed by atoms with Crippen LogP contribution < -0.4 is 16.0 Å². The fourth-order valence-electron chi connectivity index (χ4n) is 3.02. The molecular formula is C19H21F2N3O2. The molecule has 0 unspecified atom stereocenters. The van der Waals surface area contributed by atoms with Gasteiger partial charge in [0.15, 0.2) is 0 Å². The van der Waals surface area contributed by atoms with Crippen molar-refractivity contribution in [3.05, 3.63) is 59.9 Å². The molecule has 1 saturated heterocycles. The molecule has 1 amide bonds. The van der Waals surface area contributed by atoms with E-state index in [4.69, 9.17) is 10.5 Å². The zero-order valence-corrected chi connectivity index (χ0v) is 14.2. The maximum absolute atomic E-state index is 14.5. The molecule has 0 aromatic heterocycles. The molecule has 26 heavy (non-hydrogen) atoms. The van der Waals surface area contributed by atoms with Crippen LogP contribution >= 0.6 is 0 Å². The zero-order valence-electron chi connectivity index (χ0n) is 14.2. The molecule has 138 valence electrons. The lowest BCUT2D eigenvalue weighted by Gasteiger charge is -2.36. The molecule has 1 heterocycles. The van der Waals surface area contributed by atoms with Crippen molar-refractivity contribution >= 4 is 17.5 Å². The van der Waals surface area contributed by atoms with Crippen molar-refractivity contribution in [2.75, 3.05) is 23.7 Å². The minimum absolute atomic E-state index is 0.0689. The summed E-state index contributed by atoms with van der Waals surface area (Å²) < 4.78 is 32.8. The van der Waals surface area contributed by atoms with Crippen LogP contribution in [0.2, 0.25) is 0 Å². The maximum Gasteiger partial charge on any atom is 0.407 e. The number of nitrogen functional groups attached to an aromatic ring is 1. The number of amides is 1. The lowest BCUT2D eigenvalue weighted by atomic mass is 10.0. The second-order valence-electron chi connectivity index (χ2n) is 6.27. The third kappa shape index (κ3) is 4.41. The Morgan fingerprint density at radius 3 is 2.73 bits per heavy atom. The van der Waals surface area contributed by atoms with Crippen LogP contribution in [0, 0.1) is 5.82 Å². The van der Waals surface area contributed by atoms with E-state index in [-0.39, 0.29) is 18.8 Å². The molecule has 0 radical (unpaired) electrons. The Morgan fingerprint density at radius 1 is 1.27 bits per heavy atom. The molecule has 1 fully saturated rings. The number of nitrogens with zero attached hydrogens (tertiary/aromatic N) is 1. The molecule has 5 nitrogen and oxygen atoms in total. The SMILES string of the molecule is Nc1cc(F)ccc1N1CC[C@@H](NC(=O)OCc2ccccc2)[C@@H](F)C1. The Hall–Kier alpha value is -2.83. The molecule has 3 rings (SSSR count). The van der Waals surface area contributed by atoms with Crippen LogP contribution in [-0.2, 0) is 11.3 Å². The molecule has 0 bridgehead atoms. The number of hydrogen-bond acceptors (Lipinski definition) is 4. The van der Waals surface area contributed by atoms with Gasteiger partial charge in [-0.1, -0.05) is 30.3 Å². The summed E-state index contributed by atoms with van der Waals surface area (Å²) in [5.41, 5.74) is 7.54. The molecular weight excluding hydrogens is 340 g/mol. The van der Waals surface area contributed by atoms with Crippen LogP contribution in [0.3, 0.4) is 0 Å². The Labute approximate surface area is 150 Å². The van der Waals surface area contributed by atoms with E-state index >= 15 is 0 Å². The fraction of sp³-hybridized carbons (Fsp3) is 0.316. The minimum Gasteiger partial charge on any atom is -0.445 e. The maximum atomic E-state index is 14.5. The summed E-state index contributed by atoms with van der Waals surface area (Å²) in [5, 5.41) is 2.58. The van der Waals surface area contributed by atoms with Gasteiger partial charge in [0.1, 0.15) is 18.6 Å². The standard InChI is InChI=1S/C19H21F2N3O2/c20-14-6-7-18(16(22)10-14)24-9-8-17(15(21)11-24)23-19(25)26-12-13-4-2-1-3-5-13/h1-7,10,15,17H,8-9,11-12,22H2,(H,23,25)/t15-,17+/m0/s1. The highest BCUT2D eigenvalue weighted by Gasteiger charge is 2.31. The van der Waals surface area contributed by atoms with Crippen molar-refractivity contribution < 1.29 is 18.3 Å². The molecule has 1 aliphatic heterocycles. The van der Waals surface area contributed by atoms with E-state index in [0.29, 0.717) is 18.7 Å². The van der Waals surface area contributed by atoms with Gasteiger partial charge in [0.05, 0.1) is 24.0 Å². The molecule has 0 spiro atoms. The first kappa shape index (κ1) is 18.0. The van der Waals surface area contributed by atoms with Gasteiger partial charge < -0.3 is 20.7 Å². The highest BCUT2D eigenvalue weighted by Crippen LogP contribution is 2.27. The smallest absolute Gasteiger partial charge is 0.407 e.